The maximum atomic E-state index is 13.7. The molecule has 0 saturated carbocycles. The van der Waals surface area contributed by atoms with Crippen molar-refractivity contribution in [1.82, 2.24) is 0 Å². The van der Waals surface area contributed by atoms with Gasteiger partial charge in [-0.1, -0.05) is 42.0 Å². The third kappa shape index (κ3) is 5.35. The largest absolute Gasteiger partial charge is 0.497 e. The smallest absolute Gasteiger partial charge is 0.434 e. The number of benzene rings is 2. The van der Waals surface area contributed by atoms with Gasteiger partial charge in [0.05, 0.1) is 18.5 Å². The second-order valence-electron chi connectivity index (χ2n) is 6.26. The molecular formula is C21H13ClF6N2O. The molecule has 1 heterocycles. The topological polar surface area (TPSA) is 34.0 Å². The van der Waals surface area contributed by atoms with Gasteiger partial charge in [-0.2, -0.15) is 26.3 Å². The van der Waals surface area contributed by atoms with E-state index in [1.54, 1.807) is 24.3 Å². The van der Waals surface area contributed by atoms with E-state index in [4.69, 9.17) is 16.3 Å². The van der Waals surface area contributed by atoms with Gasteiger partial charge < -0.3 is 4.74 Å². The number of aliphatic imine (C=N–C) groups is 2. The first-order valence-corrected chi connectivity index (χ1v) is 9.01. The Bertz CT molecular complexity index is 1100. The normalized spacial score (nSPS) is 16.1. The number of methoxy groups -OCH3 is 1. The van der Waals surface area contributed by atoms with Crippen molar-refractivity contribution in [2.45, 2.75) is 12.4 Å². The quantitative estimate of drug-likeness (QED) is 0.445. The Hall–Kier alpha value is -3.07. The van der Waals surface area contributed by atoms with E-state index in [1.807, 2.05) is 0 Å². The molecule has 162 valence electrons. The van der Waals surface area contributed by atoms with Crippen LogP contribution in [0.3, 0.4) is 0 Å². The number of rotatable bonds is 3. The van der Waals surface area contributed by atoms with Crippen LogP contribution in [0.4, 0.5) is 37.7 Å². The van der Waals surface area contributed by atoms with Crippen LogP contribution in [0.15, 0.2) is 70.2 Å². The molecule has 2 aromatic rings. The first-order valence-electron chi connectivity index (χ1n) is 8.63. The van der Waals surface area contributed by atoms with E-state index in [0.717, 1.165) is 18.2 Å². The third-order valence-corrected chi connectivity index (χ3v) is 4.35. The predicted octanol–water partition coefficient (Wildman–Crippen LogP) is 7.27. The Kier molecular flexibility index (Phi) is 6.26. The number of halogens is 7. The van der Waals surface area contributed by atoms with Gasteiger partial charge in [-0.05, 0) is 35.9 Å². The van der Waals surface area contributed by atoms with Gasteiger partial charge in [-0.15, -0.1) is 0 Å². The number of nitrogens with zero attached hydrogens (tertiary/aromatic N) is 2. The van der Waals surface area contributed by atoms with Gasteiger partial charge in [0.25, 0.3) is 0 Å². The van der Waals surface area contributed by atoms with Gasteiger partial charge in [0.2, 0.25) is 0 Å². The van der Waals surface area contributed by atoms with Gasteiger partial charge in [0.1, 0.15) is 5.75 Å². The molecule has 0 spiro atoms. The summed E-state index contributed by atoms with van der Waals surface area (Å²) in [5.74, 6) is 0.550. The number of ether oxygens (including phenoxy) is 1. The van der Waals surface area contributed by atoms with E-state index in [1.165, 1.54) is 19.3 Å². The zero-order valence-electron chi connectivity index (χ0n) is 15.7. The SMILES string of the molecule is COc1ccc(/C=C/C=C2/C(C(F)(F)F)=Nc3ccc(Cl)cc3N=C2C(F)(F)F)cc1. The Morgan fingerprint density at radius 2 is 1.42 bits per heavy atom. The number of allylic oxidation sites excluding steroid dienone is 3. The highest BCUT2D eigenvalue weighted by Gasteiger charge is 2.47. The van der Waals surface area contributed by atoms with Crippen molar-refractivity contribution in [2.75, 3.05) is 7.11 Å². The second kappa shape index (κ2) is 8.58. The van der Waals surface area contributed by atoms with E-state index >= 15 is 0 Å². The summed E-state index contributed by atoms with van der Waals surface area (Å²) in [6.07, 6.45) is -7.22. The van der Waals surface area contributed by atoms with Crippen LogP contribution in [0.5, 0.6) is 5.75 Å². The standard InChI is InChI=1S/C21H13ClF6N2O/c1-31-14-8-5-12(6-9-14)3-2-4-15-18(20(23,24)25)29-16-10-7-13(22)11-17(16)30-19(15)21(26,27)28/h2-11H,1H3/b3-2+,15-4-. The van der Waals surface area contributed by atoms with Crippen LogP contribution in [-0.2, 0) is 0 Å². The highest BCUT2D eigenvalue weighted by atomic mass is 35.5. The molecule has 0 aromatic heterocycles. The van der Waals surface area contributed by atoms with Gasteiger partial charge in [-0.25, -0.2) is 9.98 Å². The minimum atomic E-state index is -5.17. The molecule has 1 aliphatic heterocycles. The number of hydrogen-bond donors (Lipinski definition) is 0. The van der Waals surface area contributed by atoms with Crippen LogP contribution >= 0.6 is 11.6 Å². The van der Waals surface area contributed by atoms with E-state index in [2.05, 4.69) is 9.98 Å². The molecule has 0 radical (unpaired) electrons. The first-order chi connectivity index (χ1) is 14.5. The molecule has 3 rings (SSSR count). The molecular weight excluding hydrogens is 446 g/mol. The van der Waals surface area contributed by atoms with Crippen molar-refractivity contribution in [3.8, 4) is 5.75 Å². The van der Waals surface area contributed by atoms with Crippen LogP contribution in [0.1, 0.15) is 5.56 Å². The van der Waals surface area contributed by atoms with Crippen molar-refractivity contribution in [1.29, 1.82) is 0 Å². The molecule has 0 unspecified atom stereocenters. The lowest BCUT2D eigenvalue weighted by Gasteiger charge is -2.16. The zero-order valence-corrected chi connectivity index (χ0v) is 16.5. The molecule has 0 N–H and O–H groups in total. The maximum Gasteiger partial charge on any atom is 0.434 e. The molecule has 0 bridgehead atoms. The van der Waals surface area contributed by atoms with Crippen molar-refractivity contribution in [2.24, 2.45) is 9.98 Å². The van der Waals surface area contributed by atoms with Crippen molar-refractivity contribution >= 4 is 40.5 Å². The third-order valence-electron chi connectivity index (χ3n) is 4.12. The molecule has 0 aliphatic carbocycles. The fourth-order valence-corrected chi connectivity index (χ4v) is 2.88. The molecule has 0 atom stereocenters. The summed E-state index contributed by atoms with van der Waals surface area (Å²) in [6, 6.07) is 9.72. The summed E-state index contributed by atoms with van der Waals surface area (Å²) in [6.45, 7) is 0. The van der Waals surface area contributed by atoms with E-state index in [9.17, 15) is 26.3 Å². The number of fused-ring (bicyclic) bond motifs is 1. The Morgan fingerprint density at radius 3 is 1.97 bits per heavy atom. The van der Waals surface area contributed by atoms with Gasteiger partial charge >= 0.3 is 12.4 Å². The molecule has 0 fully saturated rings. The predicted molar refractivity (Wildman–Crippen MR) is 108 cm³/mol. The Balaban J connectivity index is 2.16. The minimum Gasteiger partial charge on any atom is -0.497 e. The van der Waals surface area contributed by atoms with Gasteiger partial charge in [0.15, 0.2) is 11.4 Å². The number of alkyl halides is 6. The lowest BCUT2D eigenvalue weighted by molar-refractivity contribution is -0.0612. The zero-order chi connectivity index (χ0) is 22.8. The summed E-state index contributed by atoms with van der Waals surface area (Å²) >= 11 is 5.77. The Labute approximate surface area is 178 Å². The fraction of sp³-hybridized carbons (Fsp3) is 0.143. The lowest BCUT2D eigenvalue weighted by Crippen LogP contribution is -2.34. The molecule has 1 aliphatic rings. The average Bonchev–Trinajstić information content (AvgIpc) is 2.85. The molecule has 10 heteroatoms. The van der Waals surface area contributed by atoms with Crippen LogP contribution in [0.25, 0.3) is 6.08 Å². The van der Waals surface area contributed by atoms with Crippen molar-refractivity contribution < 1.29 is 31.1 Å². The fourth-order valence-electron chi connectivity index (χ4n) is 2.71. The van der Waals surface area contributed by atoms with Crippen LogP contribution in [0, 0.1) is 0 Å². The monoisotopic (exact) mass is 458 g/mol. The summed E-state index contributed by atoms with van der Waals surface area (Å²) in [5, 5.41) is 0.0135. The van der Waals surface area contributed by atoms with E-state index < -0.39 is 35.0 Å². The van der Waals surface area contributed by atoms with Crippen molar-refractivity contribution in [3.05, 3.63) is 70.8 Å². The highest BCUT2D eigenvalue weighted by Crippen LogP contribution is 2.40. The van der Waals surface area contributed by atoms with Crippen molar-refractivity contribution in [3.63, 3.8) is 0 Å². The van der Waals surface area contributed by atoms with Gasteiger partial charge in [-0.3, -0.25) is 0 Å². The molecule has 31 heavy (non-hydrogen) atoms. The maximum absolute atomic E-state index is 13.7. The summed E-state index contributed by atoms with van der Waals surface area (Å²) in [4.78, 5) is 6.88. The first kappa shape index (κ1) is 22.6. The van der Waals surface area contributed by atoms with Crippen LogP contribution < -0.4 is 4.74 Å². The van der Waals surface area contributed by atoms with E-state index in [0.29, 0.717) is 17.4 Å². The molecule has 2 aromatic carbocycles. The minimum absolute atomic E-state index is 0.0135. The average molecular weight is 459 g/mol. The Morgan fingerprint density at radius 1 is 0.839 bits per heavy atom. The number of hydrogen-bond acceptors (Lipinski definition) is 3. The summed E-state index contributed by atoms with van der Waals surface area (Å²) in [7, 11) is 1.46. The van der Waals surface area contributed by atoms with Gasteiger partial charge in [0, 0.05) is 10.6 Å². The molecule has 0 saturated heterocycles. The molecule has 3 nitrogen and oxygen atoms in total. The highest BCUT2D eigenvalue weighted by molar-refractivity contribution is 6.32. The molecule has 0 amide bonds. The van der Waals surface area contributed by atoms with E-state index in [-0.39, 0.29) is 10.7 Å². The summed E-state index contributed by atoms with van der Waals surface area (Å²) in [5.41, 5.74) is -4.87. The lowest BCUT2D eigenvalue weighted by atomic mass is 10.0. The summed E-state index contributed by atoms with van der Waals surface area (Å²) < 4.78 is 87.1. The second-order valence-corrected chi connectivity index (χ2v) is 6.70. The van der Waals surface area contributed by atoms with Crippen LogP contribution in [0.2, 0.25) is 5.02 Å². The van der Waals surface area contributed by atoms with Crippen LogP contribution in [-0.4, -0.2) is 30.9 Å².